The third kappa shape index (κ3) is 8.74. The van der Waals surface area contributed by atoms with Crippen LogP contribution < -0.4 is 11.3 Å². The number of hydrogen-bond acceptors (Lipinski definition) is 5. The summed E-state index contributed by atoms with van der Waals surface area (Å²) in [5, 5.41) is 14.8. The zero-order valence-electron chi connectivity index (χ0n) is 12.2. The lowest BCUT2D eigenvalue weighted by Crippen LogP contribution is -2.43. The van der Waals surface area contributed by atoms with Crippen LogP contribution in [0.25, 0.3) is 0 Å². The Hall–Kier alpha value is -1.96. The number of nitrogens with one attached hydrogen (secondary N) is 1. The Morgan fingerprint density at radius 1 is 1.24 bits per heavy atom. The Balaban J connectivity index is 0.000000567. The molecule has 0 aliphatic heterocycles. The summed E-state index contributed by atoms with van der Waals surface area (Å²) in [6.45, 7) is 4.77. The highest BCUT2D eigenvalue weighted by Gasteiger charge is 2.13. The number of aliphatic carboxylic acids is 2. The molecule has 0 saturated carbocycles. The van der Waals surface area contributed by atoms with Gasteiger partial charge in [0.15, 0.2) is 0 Å². The number of benzene rings is 1. The molecule has 21 heavy (non-hydrogen) atoms. The molecule has 1 aromatic carbocycles. The van der Waals surface area contributed by atoms with Crippen LogP contribution in [0.15, 0.2) is 30.3 Å². The Kier molecular flexibility index (Phi) is 9.78. The molecule has 5 N–H and O–H groups in total. The number of carboxylic acids is 2. The first-order valence-corrected chi connectivity index (χ1v) is 6.50. The number of carboxylic acid groups (broad SMARTS) is 2. The zero-order chi connectivity index (χ0) is 16.3. The standard InChI is InChI=1S/C12H20N2O.C2H2O4/c1-3-12(14-13)10(2)15-9-11-7-5-4-6-8-11;3-1(4)2(5)6/h4-8,10,12,14H,3,9,13H2,1-2H3;(H,3,4)(H,5,6)/t10-,12-;/m0./s1. The van der Waals surface area contributed by atoms with E-state index in [1.807, 2.05) is 25.1 Å². The van der Waals surface area contributed by atoms with Crippen molar-refractivity contribution >= 4 is 11.9 Å². The van der Waals surface area contributed by atoms with Crippen LogP contribution >= 0.6 is 0 Å². The van der Waals surface area contributed by atoms with E-state index in [0.717, 1.165) is 6.42 Å². The average Bonchev–Trinajstić information content (AvgIpc) is 2.48. The van der Waals surface area contributed by atoms with Crippen LogP contribution in [0.3, 0.4) is 0 Å². The number of ether oxygens (including phenoxy) is 1. The van der Waals surface area contributed by atoms with Gasteiger partial charge in [-0.25, -0.2) is 9.59 Å². The van der Waals surface area contributed by atoms with E-state index in [1.165, 1.54) is 5.56 Å². The van der Waals surface area contributed by atoms with Crippen LogP contribution in [0.1, 0.15) is 25.8 Å². The molecule has 2 atom stereocenters. The highest BCUT2D eigenvalue weighted by atomic mass is 16.5. The molecule has 0 spiro atoms. The second-order valence-corrected chi connectivity index (χ2v) is 4.29. The summed E-state index contributed by atoms with van der Waals surface area (Å²) >= 11 is 0. The zero-order valence-corrected chi connectivity index (χ0v) is 12.2. The molecule has 1 rings (SSSR count). The van der Waals surface area contributed by atoms with Gasteiger partial charge in [-0.2, -0.15) is 0 Å². The Labute approximate surface area is 123 Å². The van der Waals surface area contributed by atoms with Crippen LogP contribution in [0.5, 0.6) is 0 Å². The molecule has 0 amide bonds. The first-order valence-electron chi connectivity index (χ1n) is 6.50. The summed E-state index contributed by atoms with van der Waals surface area (Å²) in [4.78, 5) is 18.2. The molecule has 0 aliphatic rings. The molecular formula is C14H22N2O5. The quantitative estimate of drug-likeness (QED) is 0.351. The molecule has 0 bridgehead atoms. The maximum absolute atomic E-state index is 9.10. The van der Waals surface area contributed by atoms with Gasteiger partial charge in [-0.1, -0.05) is 37.3 Å². The van der Waals surface area contributed by atoms with Gasteiger partial charge in [0.1, 0.15) is 0 Å². The summed E-state index contributed by atoms with van der Waals surface area (Å²) in [6.07, 6.45) is 1.09. The molecule has 0 aromatic heterocycles. The fraction of sp³-hybridized carbons (Fsp3) is 0.429. The van der Waals surface area contributed by atoms with E-state index in [0.29, 0.717) is 6.61 Å². The number of hydrogen-bond donors (Lipinski definition) is 4. The molecule has 7 heteroatoms. The first-order chi connectivity index (χ1) is 9.92. The topological polar surface area (TPSA) is 122 Å². The SMILES string of the molecule is CC[C@H](NN)[C@H](C)OCc1ccccc1.O=C(O)C(=O)O. The summed E-state index contributed by atoms with van der Waals surface area (Å²) in [6, 6.07) is 10.4. The minimum Gasteiger partial charge on any atom is -0.473 e. The second-order valence-electron chi connectivity index (χ2n) is 4.29. The Morgan fingerprint density at radius 3 is 2.14 bits per heavy atom. The molecule has 1 aromatic rings. The maximum Gasteiger partial charge on any atom is 0.414 e. The van der Waals surface area contributed by atoms with Gasteiger partial charge >= 0.3 is 11.9 Å². The van der Waals surface area contributed by atoms with Gasteiger partial charge in [-0.15, -0.1) is 0 Å². The molecule has 0 unspecified atom stereocenters. The van der Waals surface area contributed by atoms with E-state index in [1.54, 1.807) is 0 Å². The molecule has 118 valence electrons. The summed E-state index contributed by atoms with van der Waals surface area (Å²) in [7, 11) is 0. The van der Waals surface area contributed by atoms with Crippen molar-refractivity contribution in [1.29, 1.82) is 0 Å². The lowest BCUT2D eigenvalue weighted by molar-refractivity contribution is -0.159. The van der Waals surface area contributed by atoms with Crippen molar-refractivity contribution < 1.29 is 24.5 Å². The van der Waals surface area contributed by atoms with E-state index >= 15 is 0 Å². The predicted octanol–water partition coefficient (Wildman–Crippen LogP) is 0.989. The van der Waals surface area contributed by atoms with Crippen molar-refractivity contribution in [2.24, 2.45) is 5.84 Å². The lowest BCUT2D eigenvalue weighted by atomic mass is 10.1. The monoisotopic (exact) mass is 298 g/mol. The van der Waals surface area contributed by atoms with Crippen LogP contribution in [-0.2, 0) is 20.9 Å². The van der Waals surface area contributed by atoms with E-state index < -0.39 is 11.9 Å². The first kappa shape index (κ1) is 19.0. The fourth-order valence-corrected chi connectivity index (χ4v) is 1.50. The van der Waals surface area contributed by atoms with E-state index in [-0.39, 0.29) is 12.1 Å². The highest BCUT2D eigenvalue weighted by Crippen LogP contribution is 2.07. The molecular weight excluding hydrogens is 276 g/mol. The van der Waals surface area contributed by atoms with Crippen molar-refractivity contribution in [1.82, 2.24) is 5.43 Å². The van der Waals surface area contributed by atoms with Gasteiger partial charge in [0.25, 0.3) is 0 Å². The number of hydrazine groups is 1. The van der Waals surface area contributed by atoms with Crippen LogP contribution in [0.4, 0.5) is 0 Å². The predicted molar refractivity (Wildman–Crippen MR) is 77.4 cm³/mol. The second kappa shape index (κ2) is 10.8. The van der Waals surface area contributed by atoms with Crippen LogP contribution in [0.2, 0.25) is 0 Å². The van der Waals surface area contributed by atoms with Crippen molar-refractivity contribution in [2.75, 3.05) is 0 Å². The van der Waals surface area contributed by atoms with Gasteiger partial charge in [0.2, 0.25) is 0 Å². The maximum atomic E-state index is 9.10. The van der Waals surface area contributed by atoms with E-state index in [9.17, 15) is 0 Å². The third-order valence-electron chi connectivity index (χ3n) is 2.76. The fourth-order valence-electron chi connectivity index (χ4n) is 1.50. The largest absolute Gasteiger partial charge is 0.473 e. The lowest BCUT2D eigenvalue weighted by Gasteiger charge is -2.22. The normalized spacial score (nSPS) is 12.7. The number of carbonyl (C=O) groups is 2. The average molecular weight is 298 g/mol. The van der Waals surface area contributed by atoms with Crippen LogP contribution in [-0.4, -0.2) is 34.3 Å². The summed E-state index contributed by atoms with van der Waals surface area (Å²) < 4.78 is 5.73. The van der Waals surface area contributed by atoms with Gasteiger partial charge in [0.05, 0.1) is 12.7 Å². The molecule has 0 aliphatic carbocycles. The van der Waals surface area contributed by atoms with Crippen molar-refractivity contribution in [3.63, 3.8) is 0 Å². The van der Waals surface area contributed by atoms with E-state index in [4.69, 9.17) is 30.4 Å². The smallest absolute Gasteiger partial charge is 0.414 e. The van der Waals surface area contributed by atoms with Crippen LogP contribution in [0, 0.1) is 0 Å². The van der Waals surface area contributed by atoms with E-state index in [2.05, 4.69) is 24.5 Å². The summed E-state index contributed by atoms with van der Waals surface area (Å²) in [5.74, 6) is 1.78. The van der Waals surface area contributed by atoms with Gasteiger partial charge in [-0.05, 0) is 18.9 Å². The van der Waals surface area contributed by atoms with Gasteiger partial charge in [-0.3, -0.25) is 11.3 Å². The Morgan fingerprint density at radius 2 is 1.76 bits per heavy atom. The number of rotatable bonds is 6. The Bertz CT molecular complexity index is 409. The summed E-state index contributed by atoms with van der Waals surface area (Å²) in [5.41, 5.74) is 3.95. The van der Waals surface area contributed by atoms with Crippen molar-refractivity contribution in [3.05, 3.63) is 35.9 Å². The molecule has 0 fully saturated rings. The number of nitrogens with two attached hydrogens (primary N) is 1. The minimum atomic E-state index is -1.82. The third-order valence-corrected chi connectivity index (χ3v) is 2.76. The van der Waals surface area contributed by atoms with Crippen molar-refractivity contribution in [3.8, 4) is 0 Å². The van der Waals surface area contributed by atoms with Gasteiger partial charge in [0, 0.05) is 6.04 Å². The molecule has 0 heterocycles. The minimum absolute atomic E-state index is 0.125. The molecule has 7 nitrogen and oxygen atoms in total. The van der Waals surface area contributed by atoms with Crippen molar-refractivity contribution in [2.45, 2.75) is 39.0 Å². The highest BCUT2D eigenvalue weighted by molar-refractivity contribution is 6.27. The molecule has 0 saturated heterocycles. The molecule has 0 radical (unpaired) electrons. The van der Waals surface area contributed by atoms with Gasteiger partial charge < -0.3 is 14.9 Å².